The molecule has 0 N–H and O–H groups in total. The topological polar surface area (TPSA) is 3.24 Å². The molecule has 0 aromatic heterocycles. The van der Waals surface area contributed by atoms with Gasteiger partial charge in [-0.25, -0.2) is 0 Å². The maximum absolute atomic E-state index is 2.44. The molecule has 4 rings (SSSR count). The molecule has 0 atom stereocenters. The van der Waals surface area contributed by atoms with Crippen LogP contribution < -0.4 is 15.5 Å². The van der Waals surface area contributed by atoms with E-state index in [0.717, 1.165) is 6.29 Å². The minimum absolute atomic E-state index is 0.512. The summed E-state index contributed by atoms with van der Waals surface area (Å²) in [4.78, 5) is 2.44. The van der Waals surface area contributed by atoms with E-state index in [0.29, 0.717) is 0 Å². The number of rotatable bonds is 6. The molecule has 2 heteroatoms. The molecule has 1 nitrogen and oxygen atoms in total. The maximum atomic E-state index is 2.44. The van der Waals surface area contributed by atoms with Gasteiger partial charge in [-0.05, 0) is 42.8 Å². The zero-order chi connectivity index (χ0) is 18.3. The summed E-state index contributed by atoms with van der Waals surface area (Å²) in [6.45, 7) is 0. The quantitative estimate of drug-likeness (QED) is 0.383. The first-order valence-corrected chi connectivity index (χ1v) is 10.7. The Morgan fingerprint density at radius 1 is 0.444 bits per heavy atom. The van der Waals surface area contributed by atoms with E-state index in [1.165, 1.54) is 22.0 Å². The third-order valence-electron chi connectivity index (χ3n) is 4.55. The van der Waals surface area contributed by atoms with E-state index in [9.17, 15) is 0 Å². The largest absolute Gasteiger partial charge is 0.337 e. The molecule has 0 fully saturated rings. The van der Waals surface area contributed by atoms with Gasteiger partial charge in [0.1, 0.15) is 0 Å². The Hall–Kier alpha value is -2.89. The van der Waals surface area contributed by atoms with Crippen molar-refractivity contribution < 1.29 is 0 Å². The van der Waals surface area contributed by atoms with Crippen LogP contribution in [-0.2, 0) is 0 Å². The van der Waals surface area contributed by atoms with Crippen LogP contribution in [0.15, 0.2) is 121 Å². The van der Waals surface area contributed by atoms with E-state index >= 15 is 0 Å². The standard InChI is InChI=1S/C25H22NP/c1-5-13-22(14-6-1)26(23-15-7-2-8-16-23)21-27(24-17-9-3-10-18-24)25-19-11-4-12-20-25/h1-20H,21H2. The summed E-state index contributed by atoms with van der Waals surface area (Å²) in [6.07, 6.45) is 0.942. The lowest BCUT2D eigenvalue weighted by Gasteiger charge is -2.30. The van der Waals surface area contributed by atoms with Gasteiger partial charge in [0, 0.05) is 11.4 Å². The van der Waals surface area contributed by atoms with E-state index in [1.807, 2.05) is 0 Å². The Labute approximate surface area is 162 Å². The number of anilines is 2. The van der Waals surface area contributed by atoms with Crippen molar-refractivity contribution in [1.82, 2.24) is 0 Å². The lowest BCUT2D eigenvalue weighted by atomic mass is 10.2. The van der Waals surface area contributed by atoms with Crippen LogP contribution in [0.25, 0.3) is 0 Å². The van der Waals surface area contributed by atoms with Crippen LogP contribution in [0.1, 0.15) is 0 Å². The number of hydrogen-bond donors (Lipinski definition) is 0. The van der Waals surface area contributed by atoms with Gasteiger partial charge < -0.3 is 4.90 Å². The van der Waals surface area contributed by atoms with Crippen molar-refractivity contribution >= 4 is 29.9 Å². The summed E-state index contributed by atoms with van der Waals surface area (Å²) < 4.78 is 0. The van der Waals surface area contributed by atoms with Crippen molar-refractivity contribution in [3.8, 4) is 0 Å². The van der Waals surface area contributed by atoms with Crippen molar-refractivity contribution in [2.75, 3.05) is 11.2 Å². The second-order valence-electron chi connectivity index (χ2n) is 6.34. The second kappa shape index (κ2) is 8.66. The number of hydrogen-bond acceptors (Lipinski definition) is 1. The Bertz CT molecular complexity index is 780. The molecule has 0 saturated heterocycles. The summed E-state index contributed by atoms with van der Waals surface area (Å²) in [5.74, 6) is 0. The molecule has 0 amide bonds. The Kier molecular flexibility index (Phi) is 5.62. The summed E-state index contributed by atoms with van der Waals surface area (Å²) in [6, 6.07) is 43.1. The molecule has 4 aromatic rings. The second-order valence-corrected chi connectivity index (χ2v) is 8.51. The highest BCUT2D eigenvalue weighted by molar-refractivity contribution is 7.73. The summed E-state index contributed by atoms with van der Waals surface area (Å²) in [5, 5.41) is 2.80. The normalized spacial score (nSPS) is 10.7. The van der Waals surface area contributed by atoms with Crippen LogP contribution in [0, 0.1) is 0 Å². The van der Waals surface area contributed by atoms with Crippen molar-refractivity contribution in [1.29, 1.82) is 0 Å². The molecule has 27 heavy (non-hydrogen) atoms. The third-order valence-corrected chi connectivity index (χ3v) is 6.96. The van der Waals surface area contributed by atoms with Gasteiger partial charge in [-0.2, -0.15) is 0 Å². The van der Waals surface area contributed by atoms with Crippen LogP contribution in [-0.4, -0.2) is 6.29 Å². The fourth-order valence-electron chi connectivity index (χ4n) is 3.20. The highest BCUT2D eigenvalue weighted by atomic mass is 31.1. The summed E-state index contributed by atoms with van der Waals surface area (Å²) in [5.41, 5.74) is 2.45. The van der Waals surface area contributed by atoms with Gasteiger partial charge in [-0.15, -0.1) is 0 Å². The lowest BCUT2D eigenvalue weighted by molar-refractivity contribution is 1.16. The van der Waals surface area contributed by atoms with Gasteiger partial charge in [0.05, 0.1) is 6.29 Å². The fourth-order valence-corrected chi connectivity index (χ4v) is 5.50. The van der Waals surface area contributed by atoms with Crippen molar-refractivity contribution in [2.24, 2.45) is 0 Å². The minimum Gasteiger partial charge on any atom is -0.337 e. The number of nitrogens with zero attached hydrogens (tertiary/aromatic N) is 1. The molecule has 0 aliphatic heterocycles. The molecular weight excluding hydrogens is 345 g/mol. The highest BCUT2D eigenvalue weighted by Crippen LogP contribution is 2.39. The molecule has 0 aliphatic carbocycles. The molecule has 132 valence electrons. The average molecular weight is 367 g/mol. The minimum atomic E-state index is -0.512. The molecular formula is C25H22NP. The van der Waals surface area contributed by atoms with E-state index in [2.05, 4.69) is 126 Å². The van der Waals surface area contributed by atoms with Crippen LogP contribution in [0.5, 0.6) is 0 Å². The average Bonchev–Trinajstić information content (AvgIpc) is 2.77. The Morgan fingerprint density at radius 2 is 0.778 bits per heavy atom. The Morgan fingerprint density at radius 3 is 1.15 bits per heavy atom. The molecule has 0 heterocycles. The van der Waals surface area contributed by atoms with Crippen molar-refractivity contribution in [2.45, 2.75) is 0 Å². The number of para-hydroxylation sites is 2. The van der Waals surface area contributed by atoms with E-state index < -0.39 is 7.92 Å². The third kappa shape index (κ3) is 4.27. The van der Waals surface area contributed by atoms with Gasteiger partial charge in [-0.1, -0.05) is 97.1 Å². The maximum Gasteiger partial charge on any atom is 0.0510 e. The Balaban J connectivity index is 1.77. The highest BCUT2D eigenvalue weighted by Gasteiger charge is 2.19. The van der Waals surface area contributed by atoms with Gasteiger partial charge in [0.15, 0.2) is 0 Å². The monoisotopic (exact) mass is 367 g/mol. The van der Waals surface area contributed by atoms with E-state index in [-0.39, 0.29) is 0 Å². The van der Waals surface area contributed by atoms with Crippen LogP contribution >= 0.6 is 7.92 Å². The van der Waals surface area contributed by atoms with Crippen LogP contribution in [0.4, 0.5) is 11.4 Å². The number of benzene rings is 4. The van der Waals surface area contributed by atoms with Crippen LogP contribution in [0.2, 0.25) is 0 Å². The molecule has 0 unspecified atom stereocenters. The zero-order valence-corrected chi connectivity index (χ0v) is 16.0. The molecule has 0 aliphatic rings. The predicted octanol–water partition coefficient (Wildman–Crippen LogP) is 5.92. The van der Waals surface area contributed by atoms with E-state index in [1.54, 1.807) is 0 Å². The lowest BCUT2D eigenvalue weighted by Crippen LogP contribution is -2.24. The smallest absolute Gasteiger partial charge is 0.0510 e. The predicted molar refractivity (Wildman–Crippen MR) is 119 cm³/mol. The van der Waals surface area contributed by atoms with E-state index in [4.69, 9.17) is 0 Å². The van der Waals surface area contributed by atoms with Gasteiger partial charge in [-0.3, -0.25) is 0 Å². The van der Waals surface area contributed by atoms with Gasteiger partial charge in [0.25, 0.3) is 0 Å². The molecule has 4 aromatic carbocycles. The summed E-state index contributed by atoms with van der Waals surface area (Å²) in [7, 11) is -0.512. The first-order valence-electron chi connectivity index (χ1n) is 9.17. The molecule has 0 radical (unpaired) electrons. The fraction of sp³-hybridized carbons (Fsp3) is 0.0400. The zero-order valence-electron chi connectivity index (χ0n) is 15.1. The first-order chi connectivity index (χ1) is 13.4. The molecule has 0 spiro atoms. The summed E-state index contributed by atoms with van der Waals surface area (Å²) >= 11 is 0. The van der Waals surface area contributed by atoms with Crippen molar-refractivity contribution in [3.05, 3.63) is 121 Å². The first kappa shape index (κ1) is 17.5. The molecule has 0 bridgehead atoms. The SMILES string of the molecule is c1ccc(N(CP(c2ccccc2)c2ccccc2)c2ccccc2)cc1. The van der Waals surface area contributed by atoms with Gasteiger partial charge in [0.2, 0.25) is 0 Å². The van der Waals surface area contributed by atoms with Crippen LogP contribution in [0.3, 0.4) is 0 Å². The molecule has 0 saturated carbocycles. The van der Waals surface area contributed by atoms with Crippen molar-refractivity contribution in [3.63, 3.8) is 0 Å². The van der Waals surface area contributed by atoms with Gasteiger partial charge >= 0.3 is 0 Å².